The molecule has 1 aromatic heterocycles. The highest BCUT2D eigenvalue weighted by molar-refractivity contribution is 7.99. The normalized spacial score (nSPS) is 13.1. The van der Waals surface area contributed by atoms with Gasteiger partial charge >= 0.3 is 0 Å². The standard InChI is InChI=1S/C48H28N6S/c1-50-39-29-42(33(30-49)28-34(39)47-52-45(31-16-4-2-5-17-31)51-46(53-47)32-18-6-3-7-19-32)54-40-24-12-8-20-35(40)48(36-21-9-13-25-41(36)54)37-22-10-14-26-43(37)55-44-27-15-11-23-38(44)48/h2-29H. The third-order valence-corrected chi connectivity index (χ3v) is 11.6. The Balaban J connectivity index is 1.22. The summed E-state index contributed by atoms with van der Waals surface area (Å²) >= 11 is 1.80. The van der Waals surface area contributed by atoms with Crippen LogP contribution in [0.2, 0.25) is 0 Å². The zero-order chi connectivity index (χ0) is 36.9. The molecule has 2 aliphatic heterocycles. The summed E-state index contributed by atoms with van der Waals surface area (Å²) in [6, 6.07) is 59.8. The Labute approximate surface area is 322 Å². The van der Waals surface area contributed by atoms with Crippen molar-refractivity contribution in [3.63, 3.8) is 0 Å². The van der Waals surface area contributed by atoms with Gasteiger partial charge in [-0.3, -0.25) is 0 Å². The van der Waals surface area contributed by atoms with Gasteiger partial charge in [0.15, 0.2) is 23.2 Å². The molecule has 0 bridgehead atoms. The summed E-state index contributed by atoms with van der Waals surface area (Å²) in [5, 5.41) is 10.9. The van der Waals surface area contributed by atoms with Gasteiger partial charge in [-0.15, -0.1) is 0 Å². The lowest BCUT2D eigenvalue weighted by molar-refractivity contribution is 0.692. The van der Waals surface area contributed by atoms with Crippen molar-refractivity contribution >= 4 is 34.5 Å². The Bertz CT molecular complexity index is 2740. The second-order valence-electron chi connectivity index (χ2n) is 13.4. The van der Waals surface area contributed by atoms with Crippen LogP contribution in [0.15, 0.2) is 180 Å². The molecule has 7 heteroatoms. The Morgan fingerprint density at radius 1 is 0.527 bits per heavy atom. The van der Waals surface area contributed by atoms with Crippen LogP contribution >= 0.6 is 11.8 Å². The van der Waals surface area contributed by atoms with E-state index < -0.39 is 5.41 Å². The van der Waals surface area contributed by atoms with Crippen molar-refractivity contribution in [3.8, 4) is 40.2 Å². The Kier molecular flexibility index (Phi) is 7.62. The molecule has 10 rings (SSSR count). The summed E-state index contributed by atoms with van der Waals surface area (Å²) in [6.45, 7) is 8.47. The molecular formula is C48H28N6S. The van der Waals surface area contributed by atoms with Crippen molar-refractivity contribution in [2.24, 2.45) is 0 Å². The molecular weight excluding hydrogens is 693 g/mol. The second kappa shape index (κ2) is 13.0. The lowest BCUT2D eigenvalue weighted by atomic mass is 9.62. The molecule has 7 aromatic carbocycles. The number of para-hydroxylation sites is 2. The van der Waals surface area contributed by atoms with E-state index in [9.17, 15) is 5.26 Å². The minimum atomic E-state index is -0.621. The number of nitriles is 1. The maximum atomic E-state index is 10.9. The van der Waals surface area contributed by atoms with E-state index in [1.54, 1.807) is 17.8 Å². The fraction of sp³-hybridized carbons (Fsp3) is 0.0208. The van der Waals surface area contributed by atoms with Gasteiger partial charge < -0.3 is 4.90 Å². The number of hydrogen-bond acceptors (Lipinski definition) is 6. The minimum absolute atomic E-state index is 0.327. The van der Waals surface area contributed by atoms with E-state index in [0.29, 0.717) is 40.0 Å². The third kappa shape index (κ3) is 4.99. The summed E-state index contributed by atoms with van der Waals surface area (Å²) in [6.07, 6.45) is 0. The van der Waals surface area contributed by atoms with Gasteiger partial charge in [-0.2, -0.15) is 5.26 Å². The van der Waals surface area contributed by atoms with Crippen molar-refractivity contribution in [1.82, 2.24) is 15.0 Å². The molecule has 3 heterocycles. The first-order valence-electron chi connectivity index (χ1n) is 17.9. The highest BCUT2D eigenvalue weighted by Gasteiger charge is 2.50. The summed E-state index contributed by atoms with van der Waals surface area (Å²) in [7, 11) is 0. The maximum absolute atomic E-state index is 10.9. The molecule has 55 heavy (non-hydrogen) atoms. The van der Waals surface area contributed by atoms with Gasteiger partial charge in [-0.05, 0) is 58.7 Å². The molecule has 6 nitrogen and oxygen atoms in total. The average molecular weight is 721 g/mol. The number of anilines is 3. The molecule has 1 spiro atoms. The number of hydrogen-bond donors (Lipinski definition) is 0. The molecule has 8 aromatic rings. The van der Waals surface area contributed by atoms with E-state index in [-0.39, 0.29) is 0 Å². The van der Waals surface area contributed by atoms with Crippen LogP contribution in [0.25, 0.3) is 39.0 Å². The highest BCUT2D eigenvalue weighted by atomic mass is 32.2. The smallest absolute Gasteiger partial charge is 0.200 e. The number of benzene rings is 7. The third-order valence-electron chi connectivity index (χ3n) is 10.4. The van der Waals surface area contributed by atoms with Gasteiger partial charge in [0, 0.05) is 26.5 Å². The molecule has 0 fully saturated rings. The van der Waals surface area contributed by atoms with Gasteiger partial charge in [0.05, 0.1) is 34.6 Å². The molecule has 0 radical (unpaired) electrons. The van der Waals surface area contributed by atoms with Crippen molar-refractivity contribution in [2.45, 2.75) is 15.2 Å². The van der Waals surface area contributed by atoms with Crippen LogP contribution in [0.4, 0.5) is 22.7 Å². The first kappa shape index (κ1) is 32.3. The highest BCUT2D eigenvalue weighted by Crippen LogP contribution is 2.63. The first-order chi connectivity index (χ1) is 27.2. The summed E-state index contributed by atoms with van der Waals surface area (Å²) in [5.74, 6) is 1.30. The topological polar surface area (TPSA) is 70.1 Å². The van der Waals surface area contributed by atoms with Gasteiger partial charge in [-0.1, -0.05) is 145 Å². The van der Waals surface area contributed by atoms with Crippen LogP contribution in [0.3, 0.4) is 0 Å². The number of rotatable bonds is 4. The Morgan fingerprint density at radius 2 is 0.982 bits per heavy atom. The van der Waals surface area contributed by atoms with Gasteiger partial charge in [0.25, 0.3) is 0 Å². The van der Waals surface area contributed by atoms with Crippen LogP contribution in [-0.2, 0) is 5.41 Å². The zero-order valence-corrected chi connectivity index (χ0v) is 30.1. The molecule has 0 aliphatic carbocycles. The molecule has 2 aliphatic rings. The van der Waals surface area contributed by atoms with Gasteiger partial charge in [0.2, 0.25) is 0 Å². The van der Waals surface area contributed by atoms with Crippen LogP contribution < -0.4 is 4.90 Å². The van der Waals surface area contributed by atoms with Crippen molar-refractivity contribution in [2.75, 3.05) is 4.90 Å². The quantitative estimate of drug-likeness (QED) is 0.169. The van der Waals surface area contributed by atoms with E-state index in [0.717, 1.165) is 33.6 Å². The van der Waals surface area contributed by atoms with Crippen LogP contribution in [0, 0.1) is 17.9 Å². The second-order valence-corrected chi connectivity index (χ2v) is 14.4. The predicted octanol–water partition coefficient (Wildman–Crippen LogP) is 11.9. The van der Waals surface area contributed by atoms with Crippen molar-refractivity contribution < 1.29 is 0 Å². The monoisotopic (exact) mass is 720 g/mol. The van der Waals surface area contributed by atoms with Crippen LogP contribution in [0.5, 0.6) is 0 Å². The van der Waals surface area contributed by atoms with Crippen molar-refractivity contribution in [3.05, 3.63) is 209 Å². The fourth-order valence-corrected chi connectivity index (χ4v) is 9.33. The summed E-state index contributed by atoms with van der Waals surface area (Å²) in [4.78, 5) is 23.3. The number of nitrogens with zero attached hydrogens (tertiary/aromatic N) is 6. The molecule has 0 amide bonds. The number of fused-ring (bicyclic) bond motifs is 8. The van der Waals surface area contributed by atoms with Crippen LogP contribution in [-0.4, -0.2) is 15.0 Å². The zero-order valence-electron chi connectivity index (χ0n) is 29.3. The molecule has 0 atom stereocenters. The summed E-state index contributed by atoms with van der Waals surface area (Å²) < 4.78 is 0. The van der Waals surface area contributed by atoms with Crippen molar-refractivity contribution in [1.29, 1.82) is 5.26 Å². The molecule has 0 N–H and O–H groups in total. The number of aromatic nitrogens is 3. The molecule has 0 unspecified atom stereocenters. The van der Waals surface area contributed by atoms with Gasteiger partial charge in [0.1, 0.15) is 6.07 Å². The average Bonchev–Trinajstić information content (AvgIpc) is 3.26. The molecule has 0 saturated heterocycles. The van der Waals surface area contributed by atoms with Crippen LogP contribution in [0.1, 0.15) is 27.8 Å². The Hall–Kier alpha value is -7.32. The Morgan fingerprint density at radius 3 is 1.49 bits per heavy atom. The largest absolute Gasteiger partial charge is 0.310 e. The fourth-order valence-electron chi connectivity index (χ4n) is 8.13. The predicted molar refractivity (Wildman–Crippen MR) is 218 cm³/mol. The minimum Gasteiger partial charge on any atom is -0.310 e. The molecule has 256 valence electrons. The lowest BCUT2D eigenvalue weighted by Crippen LogP contribution is -2.39. The first-order valence-corrected chi connectivity index (χ1v) is 18.7. The van der Waals surface area contributed by atoms with E-state index in [1.165, 1.54) is 20.9 Å². The van der Waals surface area contributed by atoms with E-state index in [4.69, 9.17) is 21.5 Å². The summed E-state index contributed by atoms with van der Waals surface area (Å²) in [5.41, 5.74) is 9.35. The SMILES string of the molecule is [C-]#[N+]c1cc(N2c3ccccc3C3(c4ccccc4Sc4ccccc43)c3ccccc32)c(C#N)cc1-c1nc(-c2ccccc2)nc(-c2ccccc2)n1. The maximum Gasteiger partial charge on any atom is 0.200 e. The van der Waals surface area contributed by atoms with Gasteiger partial charge in [-0.25, -0.2) is 19.8 Å². The molecule has 0 saturated carbocycles. The van der Waals surface area contributed by atoms with E-state index in [1.807, 2.05) is 78.9 Å². The van der Waals surface area contributed by atoms with E-state index in [2.05, 4.69) is 101 Å². The van der Waals surface area contributed by atoms with E-state index >= 15 is 0 Å². The lowest BCUT2D eigenvalue weighted by Gasteiger charge is -2.49.